The van der Waals surface area contributed by atoms with Gasteiger partial charge in [-0.2, -0.15) is 0 Å². The van der Waals surface area contributed by atoms with E-state index in [1.807, 2.05) is 36.4 Å². The quantitative estimate of drug-likeness (QED) is 0.686. The van der Waals surface area contributed by atoms with Gasteiger partial charge in [-0.1, -0.05) is 60.7 Å². The lowest BCUT2D eigenvalue weighted by Crippen LogP contribution is -2.48. The van der Waals surface area contributed by atoms with Crippen molar-refractivity contribution in [2.45, 2.75) is 6.61 Å². The molecule has 1 amide bonds. The number of carbonyl (C=O) groups is 1. The second-order valence-electron chi connectivity index (χ2n) is 7.07. The molecular weight excluding hydrogens is 364 g/mol. The van der Waals surface area contributed by atoms with Crippen LogP contribution in [0.5, 0.6) is 5.75 Å². The molecule has 0 bridgehead atoms. The number of hydrogen-bond acceptors (Lipinski definition) is 3. The molecule has 0 atom stereocenters. The highest BCUT2D eigenvalue weighted by Crippen LogP contribution is 2.32. The minimum Gasteiger partial charge on any atom is -0.488 e. The van der Waals surface area contributed by atoms with Gasteiger partial charge in [-0.25, -0.2) is 4.79 Å². The molecule has 3 aromatic rings. The summed E-state index contributed by atoms with van der Waals surface area (Å²) in [6.45, 7) is 3.02. The first-order valence-corrected chi connectivity index (χ1v) is 9.80. The van der Waals surface area contributed by atoms with Crippen molar-refractivity contribution in [3.63, 3.8) is 0 Å². The molecule has 1 aliphatic rings. The maximum absolute atomic E-state index is 11.1. The maximum Gasteiger partial charge on any atom is 0.407 e. The first-order valence-electron chi connectivity index (χ1n) is 9.80. The smallest absolute Gasteiger partial charge is 0.407 e. The fourth-order valence-corrected chi connectivity index (χ4v) is 3.57. The van der Waals surface area contributed by atoms with E-state index in [0.717, 1.165) is 28.1 Å². The van der Waals surface area contributed by atoms with E-state index in [4.69, 9.17) is 9.84 Å². The van der Waals surface area contributed by atoms with Gasteiger partial charge >= 0.3 is 6.09 Å². The standard InChI is InChI=1S/C24H24N2O3/c27-24(28)26-16-14-25(15-17-26)21-12-10-20(11-13-21)22-8-4-5-9-23(22)29-18-19-6-2-1-3-7-19/h1-13H,14-18H2,(H,27,28). The van der Waals surface area contributed by atoms with Crippen molar-refractivity contribution in [3.05, 3.63) is 84.4 Å². The lowest BCUT2D eigenvalue weighted by molar-refractivity contribution is 0.142. The van der Waals surface area contributed by atoms with Crippen LogP contribution >= 0.6 is 0 Å². The van der Waals surface area contributed by atoms with E-state index in [1.54, 1.807) is 0 Å². The molecule has 0 unspecified atom stereocenters. The van der Waals surface area contributed by atoms with Crippen LogP contribution in [-0.2, 0) is 6.61 Å². The van der Waals surface area contributed by atoms with Crippen molar-refractivity contribution in [3.8, 4) is 16.9 Å². The molecule has 5 heteroatoms. The largest absolute Gasteiger partial charge is 0.488 e. The second-order valence-corrected chi connectivity index (χ2v) is 7.07. The van der Waals surface area contributed by atoms with E-state index in [2.05, 4.69) is 47.4 Å². The molecule has 5 nitrogen and oxygen atoms in total. The Balaban J connectivity index is 1.46. The predicted molar refractivity (Wildman–Crippen MR) is 114 cm³/mol. The maximum atomic E-state index is 11.1. The summed E-state index contributed by atoms with van der Waals surface area (Å²) in [5.41, 5.74) is 4.41. The number of nitrogens with zero attached hydrogens (tertiary/aromatic N) is 2. The molecule has 0 radical (unpaired) electrons. The van der Waals surface area contributed by atoms with Gasteiger partial charge in [0.15, 0.2) is 0 Å². The van der Waals surface area contributed by atoms with Gasteiger partial charge in [0, 0.05) is 37.4 Å². The fraction of sp³-hybridized carbons (Fsp3) is 0.208. The highest BCUT2D eigenvalue weighted by molar-refractivity contribution is 5.72. The van der Waals surface area contributed by atoms with Gasteiger partial charge in [-0.05, 0) is 29.3 Å². The number of ether oxygens (including phenoxy) is 1. The Morgan fingerprint density at radius 1 is 0.828 bits per heavy atom. The topological polar surface area (TPSA) is 53.0 Å². The molecule has 0 aromatic heterocycles. The summed E-state index contributed by atoms with van der Waals surface area (Å²) < 4.78 is 6.09. The Morgan fingerprint density at radius 3 is 2.17 bits per heavy atom. The zero-order valence-electron chi connectivity index (χ0n) is 16.2. The van der Waals surface area contributed by atoms with Crippen molar-refractivity contribution >= 4 is 11.8 Å². The molecule has 1 saturated heterocycles. The number of rotatable bonds is 5. The van der Waals surface area contributed by atoms with Gasteiger partial charge in [-0.15, -0.1) is 0 Å². The molecule has 1 N–H and O–H groups in total. The molecular formula is C24H24N2O3. The van der Waals surface area contributed by atoms with E-state index in [0.29, 0.717) is 32.8 Å². The third-order valence-electron chi connectivity index (χ3n) is 5.22. The van der Waals surface area contributed by atoms with Crippen molar-refractivity contribution in [2.75, 3.05) is 31.1 Å². The van der Waals surface area contributed by atoms with Gasteiger partial charge in [0.1, 0.15) is 12.4 Å². The Kier molecular flexibility index (Phi) is 5.66. The first-order chi connectivity index (χ1) is 14.2. The first kappa shape index (κ1) is 18.9. The minimum atomic E-state index is -0.841. The Bertz CT molecular complexity index is 949. The molecule has 1 heterocycles. The Labute approximate surface area is 170 Å². The summed E-state index contributed by atoms with van der Waals surface area (Å²) in [6.07, 6.45) is -0.841. The lowest BCUT2D eigenvalue weighted by atomic mass is 10.0. The molecule has 0 aliphatic carbocycles. The number of para-hydroxylation sites is 1. The Morgan fingerprint density at radius 2 is 1.48 bits per heavy atom. The molecule has 29 heavy (non-hydrogen) atoms. The van der Waals surface area contributed by atoms with Crippen molar-refractivity contribution in [1.29, 1.82) is 0 Å². The molecule has 4 rings (SSSR count). The van der Waals surface area contributed by atoms with Gasteiger partial charge in [0.05, 0.1) is 0 Å². The molecule has 1 fully saturated rings. The number of carboxylic acid groups (broad SMARTS) is 1. The molecule has 1 aliphatic heterocycles. The minimum absolute atomic E-state index is 0.532. The number of benzene rings is 3. The predicted octanol–water partition coefficient (Wildman–Crippen LogP) is 4.73. The van der Waals surface area contributed by atoms with E-state index < -0.39 is 6.09 Å². The summed E-state index contributed by atoms with van der Waals surface area (Å²) in [6, 6.07) is 26.6. The number of piperazine rings is 1. The zero-order chi connectivity index (χ0) is 20.1. The van der Waals surface area contributed by atoms with Crippen molar-refractivity contribution in [1.82, 2.24) is 4.90 Å². The molecule has 0 spiro atoms. The average Bonchev–Trinajstić information content (AvgIpc) is 2.79. The summed E-state index contributed by atoms with van der Waals surface area (Å²) >= 11 is 0. The normalized spacial score (nSPS) is 13.9. The van der Waals surface area contributed by atoms with Crippen LogP contribution in [0.3, 0.4) is 0 Å². The van der Waals surface area contributed by atoms with Crippen LogP contribution in [0, 0.1) is 0 Å². The zero-order valence-corrected chi connectivity index (χ0v) is 16.2. The highest BCUT2D eigenvalue weighted by atomic mass is 16.5. The fourth-order valence-electron chi connectivity index (χ4n) is 3.57. The summed E-state index contributed by atoms with van der Waals surface area (Å²) in [5, 5.41) is 9.10. The van der Waals surface area contributed by atoms with Crippen LogP contribution in [0.4, 0.5) is 10.5 Å². The third kappa shape index (κ3) is 4.51. The monoisotopic (exact) mass is 388 g/mol. The second kappa shape index (κ2) is 8.69. The summed E-state index contributed by atoms with van der Waals surface area (Å²) in [5.74, 6) is 0.860. The average molecular weight is 388 g/mol. The third-order valence-corrected chi connectivity index (χ3v) is 5.22. The van der Waals surface area contributed by atoms with Gasteiger partial charge in [-0.3, -0.25) is 0 Å². The SMILES string of the molecule is O=C(O)N1CCN(c2ccc(-c3ccccc3OCc3ccccc3)cc2)CC1. The van der Waals surface area contributed by atoms with E-state index in [9.17, 15) is 4.79 Å². The van der Waals surface area contributed by atoms with E-state index in [-0.39, 0.29) is 0 Å². The molecule has 148 valence electrons. The summed E-state index contributed by atoms with van der Waals surface area (Å²) in [7, 11) is 0. The number of anilines is 1. The number of hydrogen-bond donors (Lipinski definition) is 1. The van der Waals surface area contributed by atoms with Crippen LogP contribution in [0.15, 0.2) is 78.9 Å². The number of amides is 1. The van der Waals surface area contributed by atoms with Crippen molar-refractivity contribution < 1.29 is 14.6 Å². The van der Waals surface area contributed by atoms with E-state index in [1.165, 1.54) is 4.90 Å². The van der Waals surface area contributed by atoms with Gasteiger partial charge < -0.3 is 19.6 Å². The summed E-state index contributed by atoms with van der Waals surface area (Å²) in [4.78, 5) is 14.8. The molecule has 3 aromatic carbocycles. The van der Waals surface area contributed by atoms with Crippen LogP contribution in [0.2, 0.25) is 0 Å². The van der Waals surface area contributed by atoms with Crippen LogP contribution in [-0.4, -0.2) is 42.3 Å². The van der Waals surface area contributed by atoms with Crippen LogP contribution < -0.4 is 9.64 Å². The van der Waals surface area contributed by atoms with Gasteiger partial charge in [0.2, 0.25) is 0 Å². The lowest BCUT2D eigenvalue weighted by Gasteiger charge is -2.34. The Hall–Kier alpha value is -3.47. The van der Waals surface area contributed by atoms with Crippen molar-refractivity contribution in [2.24, 2.45) is 0 Å². The van der Waals surface area contributed by atoms with Crippen LogP contribution in [0.25, 0.3) is 11.1 Å². The van der Waals surface area contributed by atoms with Gasteiger partial charge in [0.25, 0.3) is 0 Å². The van der Waals surface area contributed by atoms with Crippen LogP contribution in [0.1, 0.15) is 5.56 Å². The molecule has 0 saturated carbocycles. The van der Waals surface area contributed by atoms with E-state index >= 15 is 0 Å². The highest BCUT2D eigenvalue weighted by Gasteiger charge is 2.20.